The summed E-state index contributed by atoms with van der Waals surface area (Å²) in [5.41, 5.74) is 6.73. The van der Waals surface area contributed by atoms with Gasteiger partial charge in [-0.05, 0) is 118 Å². The minimum absolute atomic E-state index is 0.364. The highest BCUT2D eigenvalue weighted by atomic mass is 16.7. The summed E-state index contributed by atoms with van der Waals surface area (Å²) in [7, 11) is -0.371. The zero-order valence-corrected chi connectivity index (χ0v) is 26.4. The first-order valence-electron chi connectivity index (χ1n) is 16.0. The number of hydrogen-bond acceptors (Lipinski definition) is 3. The number of benzene rings is 7. The smallest absolute Gasteiger partial charge is 0.456 e. The normalized spacial score (nSPS) is 16.0. The van der Waals surface area contributed by atoms with Crippen molar-refractivity contribution < 1.29 is 13.7 Å². The fourth-order valence-electron chi connectivity index (χ4n) is 7.04. The molecule has 3 nitrogen and oxygen atoms in total. The summed E-state index contributed by atoms with van der Waals surface area (Å²) in [4.78, 5) is 0. The minimum atomic E-state index is -0.371. The second-order valence-electron chi connectivity index (χ2n) is 13.6. The zero-order valence-electron chi connectivity index (χ0n) is 26.4. The molecule has 1 aliphatic rings. The summed E-state index contributed by atoms with van der Waals surface area (Å²) in [6.07, 6.45) is 0. The molecule has 0 atom stereocenters. The van der Waals surface area contributed by atoms with E-state index in [0.29, 0.717) is 0 Å². The fraction of sp³-hybridized carbons (Fsp3) is 0.143. The monoisotopic (exact) mass is 596 g/mol. The van der Waals surface area contributed by atoms with Crippen LogP contribution in [-0.4, -0.2) is 18.3 Å². The lowest BCUT2D eigenvalue weighted by Gasteiger charge is -2.32. The molecule has 1 fully saturated rings. The van der Waals surface area contributed by atoms with Gasteiger partial charge in [0.1, 0.15) is 11.2 Å². The Morgan fingerprint density at radius 2 is 0.783 bits per heavy atom. The van der Waals surface area contributed by atoms with Gasteiger partial charge < -0.3 is 13.7 Å². The molecule has 0 radical (unpaired) electrons. The Kier molecular flexibility index (Phi) is 5.84. The maximum absolute atomic E-state index is 6.30. The van der Waals surface area contributed by atoms with E-state index in [1.54, 1.807) is 0 Å². The van der Waals surface area contributed by atoms with Crippen LogP contribution in [0.4, 0.5) is 0 Å². The summed E-state index contributed by atoms with van der Waals surface area (Å²) in [6.45, 7) is 8.34. The van der Waals surface area contributed by atoms with E-state index in [9.17, 15) is 0 Å². The van der Waals surface area contributed by atoms with E-state index in [4.69, 9.17) is 13.7 Å². The molecule has 0 amide bonds. The summed E-state index contributed by atoms with van der Waals surface area (Å²) >= 11 is 0. The molecule has 46 heavy (non-hydrogen) atoms. The third-order valence-corrected chi connectivity index (χ3v) is 10.3. The molecule has 0 unspecified atom stereocenters. The molecule has 2 heterocycles. The van der Waals surface area contributed by atoms with Crippen molar-refractivity contribution in [1.29, 1.82) is 0 Å². The largest absolute Gasteiger partial charge is 0.494 e. The van der Waals surface area contributed by atoms with Crippen LogP contribution >= 0.6 is 0 Å². The van der Waals surface area contributed by atoms with Gasteiger partial charge in [-0.2, -0.15) is 0 Å². The predicted octanol–water partition coefficient (Wildman–Crippen LogP) is 10.7. The van der Waals surface area contributed by atoms with Crippen LogP contribution in [-0.2, 0) is 9.31 Å². The number of fused-ring (bicyclic) bond motifs is 9. The molecule has 1 aliphatic heterocycles. The second-order valence-corrected chi connectivity index (χ2v) is 13.6. The molecule has 1 saturated heterocycles. The van der Waals surface area contributed by atoms with Crippen molar-refractivity contribution in [2.75, 3.05) is 0 Å². The Hall–Kier alpha value is -4.90. The van der Waals surface area contributed by atoms with Gasteiger partial charge in [-0.3, -0.25) is 0 Å². The molecule has 4 heteroatoms. The van der Waals surface area contributed by atoms with E-state index in [1.807, 2.05) is 0 Å². The minimum Gasteiger partial charge on any atom is -0.456 e. The number of hydrogen-bond donors (Lipinski definition) is 0. The van der Waals surface area contributed by atoms with Crippen molar-refractivity contribution in [1.82, 2.24) is 0 Å². The summed E-state index contributed by atoms with van der Waals surface area (Å²) in [5, 5.41) is 9.93. The SMILES string of the molecule is CC1(C)OB(c2ccc(-c3ccc4oc5ccc(-c6ccc7c8ccccc8c8ccccc8c7c6)cc5c4c3)cc2)OC1(C)C. The van der Waals surface area contributed by atoms with E-state index >= 15 is 0 Å². The van der Waals surface area contributed by atoms with Crippen LogP contribution in [0.25, 0.3) is 76.5 Å². The van der Waals surface area contributed by atoms with Crippen LogP contribution in [0.15, 0.2) is 132 Å². The molecule has 1 aromatic heterocycles. The van der Waals surface area contributed by atoms with Gasteiger partial charge in [-0.25, -0.2) is 0 Å². The van der Waals surface area contributed by atoms with Crippen LogP contribution in [0, 0.1) is 0 Å². The zero-order chi connectivity index (χ0) is 31.2. The molecule has 9 rings (SSSR count). The Bertz CT molecular complexity index is 2440. The van der Waals surface area contributed by atoms with Gasteiger partial charge in [0.05, 0.1) is 11.2 Å². The van der Waals surface area contributed by atoms with Crippen LogP contribution in [0.1, 0.15) is 27.7 Å². The summed E-state index contributed by atoms with van der Waals surface area (Å²) in [6, 6.07) is 45.9. The van der Waals surface area contributed by atoms with Crippen molar-refractivity contribution in [2.24, 2.45) is 0 Å². The summed E-state index contributed by atoms with van der Waals surface area (Å²) < 4.78 is 18.8. The first-order chi connectivity index (χ1) is 22.3. The molecule has 0 aliphatic carbocycles. The Morgan fingerprint density at radius 1 is 0.391 bits per heavy atom. The molecule has 0 bridgehead atoms. The van der Waals surface area contributed by atoms with Crippen LogP contribution in [0.5, 0.6) is 0 Å². The van der Waals surface area contributed by atoms with Crippen LogP contribution < -0.4 is 5.46 Å². The molecule has 7 aromatic carbocycles. The van der Waals surface area contributed by atoms with Crippen molar-refractivity contribution in [3.8, 4) is 22.3 Å². The first kappa shape index (κ1) is 27.4. The van der Waals surface area contributed by atoms with Crippen LogP contribution in [0.2, 0.25) is 0 Å². The fourth-order valence-corrected chi connectivity index (χ4v) is 7.04. The first-order valence-corrected chi connectivity index (χ1v) is 16.0. The Labute approximate surface area is 268 Å². The Morgan fingerprint density at radius 3 is 1.30 bits per heavy atom. The van der Waals surface area contributed by atoms with Crippen molar-refractivity contribution in [3.05, 3.63) is 127 Å². The highest BCUT2D eigenvalue weighted by molar-refractivity contribution is 6.62. The van der Waals surface area contributed by atoms with E-state index in [1.165, 1.54) is 43.4 Å². The second kappa shape index (κ2) is 9.80. The topological polar surface area (TPSA) is 31.6 Å². The molecule has 0 spiro atoms. The average Bonchev–Trinajstić information content (AvgIpc) is 3.55. The predicted molar refractivity (Wildman–Crippen MR) is 193 cm³/mol. The van der Waals surface area contributed by atoms with Crippen molar-refractivity contribution in [2.45, 2.75) is 38.9 Å². The van der Waals surface area contributed by atoms with E-state index < -0.39 is 0 Å². The molecule has 222 valence electrons. The molecule has 0 N–H and O–H groups in total. The summed E-state index contributed by atoms with van der Waals surface area (Å²) in [5.74, 6) is 0. The molecule has 8 aromatic rings. The average molecular weight is 597 g/mol. The lowest BCUT2D eigenvalue weighted by Crippen LogP contribution is -2.41. The maximum atomic E-state index is 6.30. The molecule has 0 saturated carbocycles. The third kappa shape index (κ3) is 4.14. The van der Waals surface area contributed by atoms with Gasteiger partial charge in [0.2, 0.25) is 0 Å². The van der Waals surface area contributed by atoms with Gasteiger partial charge in [0, 0.05) is 10.8 Å². The van der Waals surface area contributed by atoms with Gasteiger partial charge in [-0.15, -0.1) is 0 Å². The quantitative estimate of drug-likeness (QED) is 0.150. The highest BCUT2D eigenvalue weighted by Crippen LogP contribution is 2.40. The van der Waals surface area contributed by atoms with Gasteiger partial charge >= 0.3 is 7.12 Å². The van der Waals surface area contributed by atoms with Crippen molar-refractivity contribution >= 4 is 66.8 Å². The van der Waals surface area contributed by atoms with Gasteiger partial charge in [0.15, 0.2) is 0 Å². The van der Waals surface area contributed by atoms with Gasteiger partial charge in [-0.1, -0.05) is 97.1 Å². The standard InChI is InChI=1S/C42H33BO3/c1-41(2)42(3,4)46-43(45-41)30-18-13-26(14-19-30)27-16-21-39-37(24-27)38-25-29(17-22-40(38)44-39)28-15-20-35-33-11-6-5-9-31(33)32-10-7-8-12-34(32)36(35)23-28/h5-25H,1-4H3. The van der Waals surface area contributed by atoms with E-state index in [0.717, 1.165) is 38.5 Å². The number of rotatable bonds is 3. The lowest BCUT2D eigenvalue weighted by atomic mass is 9.78. The third-order valence-electron chi connectivity index (χ3n) is 10.3. The number of furan rings is 1. The maximum Gasteiger partial charge on any atom is 0.494 e. The van der Waals surface area contributed by atoms with Crippen LogP contribution in [0.3, 0.4) is 0 Å². The van der Waals surface area contributed by atoms with E-state index in [-0.39, 0.29) is 18.3 Å². The highest BCUT2D eigenvalue weighted by Gasteiger charge is 2.51. The molecular formula is C42H33BO3. The van der Waals surface area contributed by atoms with Crippen molar-refractivity contribution in [3.63, 3.8) is 0 Å². The Balaban J connectivity index is 1.11. The lowest BCUT2D eigenvalue weighted by molar-refractivity contribution is 0.00578. The molecular weight excluding hydrogens is 563 g/mol. The van der Waals surface area contributed by atoms with Gasteiger partial charge in [0.25, 0.3) is 0 Å². The van der Waals surface area contributed by atoms with E-state index in [2.05, 4.69) is 155 Å².